The summed E-state index contributed by atoms with van der Waals surface area (Å²) in [6, 6.07) is 5.98. The van der Waals surface area contributed by atoms with Crippen LogP contribution in [0.2, 0.25) is 0 Å². The van der Waals surface area contributed by atoms with Crippen LogP contribution in [-0.2, 0) is 0 Å². The third kappa shape index (κ3) is 3.24. The molecule has 2 rings (SSSR count). The third-order valence-corrected chi connectivity index (χ3v) is 4.68. The monoisotopic (exact) mass is 278 g/mol. The second-order valence-electron chi connectivity index (χ2n) is 5.63. The summed E-state index contributed by atoms with van der Waals surface area (Å²) in [5.74, 6) is 1.15. The number of benzene rings is 1. The van der Waals surface area contributed by atoms with Gasteiger partial charge in [0.1, 0.15) is 0 Å². The Balaban J connectivity index is 2.26. The molecule has 1 heterocycles. The lowest BCUT2D eigenvalue weighted by Gasteiger charge is -2.37. The lowest BCUT2D eigenvalue weighted by molar-refractivity contribution is 0.0749. The molecule has 0 aliphatic carbocycles. The van der Waals surface area contributed by atoms with Crippen molar-refractivity contribution in [2.45, 2.75) is 25.5 Å². The number of carbonyl (C=O) groups excluding carboxylic acids is 1. The van der Waals surface area contributed by atoms with Crippen molar-refractivity contribution in [2.24, 2.45) is 0 Å². The first-order valence-electron chi connectivity index (χ1n) is 6.64. The average Bonchev–Trinajstić information content (AvgIpc) is 2.36. The zero-order chi connectivity index (χ0) is 14.0. The molecule has 1 aliphatic heterocycles. The van der Waals surface area contributed by atoms with Crippen molar-refractivity contribution >= 4 is 23.4 Å². The number of nitrogens with zero attached hydrogens (tertiary/aromatic N) is 1. The SMILES string of the molecule is CNc1ccc(C)cc1C(=O)N1CCSC(C)(C)C1. The number of hydrogen-bond donors (Lipinski definition) is 1. The van der Waals surface area contributed by atoms with Crippen LogP contribution in [0.4, 0.5) is 5.69 Å². The molecule has 0 spiro atoms. The lowest BCUT2D eigenvalue weighted by atomic mass is 10.1. The Morgan fingerprint density at radius 1 is 1.42 bits per heavy atom. The van der Waals surface area contributed by atoms with Crippen LogP contribution in [0.5, 0.6) is 0 Å². The van der Waals surface area contributed by atoms with E-state index in [1.54, 1.807) is 0 Å². The highest BCUT2D eigenvalue weighted by Gasteiger charge is 2.30. The molecule has 1 N–H and O–H groups in total. The predicted molar refractivity (Wildman–Crippen MR) is 83.2 cm³/mol. The van der Waals surface area contributed by atoms with Crippen LogP contribution >= 0.6 is 11.8 Å². The van der Waals surface area contributed by atoms with Gasteiger partial charge in [0, 0.05) is 36.3 Å². The van der Waals surface area contributed by atoms with Crippen LogP contribution < -0.4 is 5.32 Å². The molecule has 19 heavy (non-hydrogen) atoms. The van der Waals surface area contributed by atoms with Crippen molar-refractivity contribution in [3.05, 3.63) is 29.3 Å². The van der Waals surface area contributed by atoms with Crippen molar-refractivity contribution in [1.82, 2.24) is 4.90 Å². The van der Waals surface area contributed by atoms with E-state index in [1.807, 2.05) is 48.8 Å². The quantitative estimate of drug-likeness (QED) is 0.902. The van der Waals surface area contributed by atoms with Crippen LogP contribution in [0.25, 0.3) is 0 Å². The van der Waals surface area contributed by atoms with Crippen LogP contribution in [0.1, 0.15) is 29.8 Å². The maximum absolute atomic E-state index is 12.7. The van der Waals surface area contributed by atoms with Crippen LogP contribution in [0, 0.1) is 6.92 Å². The fourth-order valence-electron chi connectivity index (χ4n) is 2.41. The van der Waals surface area contributed by atoms with Gasteiger partial charge in [0.05, 0.1) is 5.56 Å². The highest BCUT2D eigenvalue weighted by atomic mass is 32.2. The van der Waals surface area contributed by atoms with E-state index in [0.717, 1.165) is 35.7 Å². The highest BCUT2D eigenvalue weighted by Crippen LogP contribution is 2.31. The van der Waals surface area contributed by atoms with Crippen LogP contribution in [0.3, 0.4) is 0 Å². The molecule has 1 fully saturated rings. The summed E-state index contributed by atoms with van der Waals surface area (Å²) in [5.41, 5.74) is 2.81. The lowest BCUT2D eigenvalue weighted by Crippen LogP contribution is -2.46. The summed E-state index contributed by atoms with van der Waals surface area (Å²) in [4.78, 5) is 14.7. The number of amides is 1. The standard InChI is InChI=1S/C15H22N2OS/c1-11-5-6-13(16-4)12(9-11)14(18)17-7-8-19-15(2,3)10-17/h5-6,9,16H,7-8,10H2,1-4H3. The number of anilines is 1. The Morgan fingerprint density at radius 2 is 2.16 bits per heavy atom. The number of aryl methyl sites for hydroxylation is 1. The Kier molecular flexibility index (Phi) is 4.09. The van der Waals surface area contributed by atoms with Gasteiger partial charge in [-0.1, -0.05) is 11.6 Å². The summed E-state index contributed by atoms with van der Waals surface area (Å²) >= 11 is 1.94. The fraction of sp³-hybridized carbons (Fsp3) is 0.533. The molecule has 1 saturated heterocycles. The smallest absolute Gasteiger partial charge is 0.256 e. The first kappa shape index (κ1) is 14.3. The first-order chi connectivity index (χ1) is 8.93. The van der Waals surface area contributed by atoms with Crippen molar-refractivity contribution in [3.8, 4) is 0 Å². The van der Waals surface area contributed by atoms with Gasteiger partial charge >= 0.3 is 0 Å². The van der Waals surface area contributed by atoms with E-state index in [1.165, 1.54) is 0 Å². The molecule has 1 aromatic carbocycles. The van der Waals surface area contributed by atoms with Gasteiger partial charge < -0.3 is 10.2 Å². The Hall–Kier alpha value is -1.16. The van der Waals surface area contributed by atoms with E-state index < -0.39 is 0 Å². The molecule has 0 radical (unpaired) electrons. The van der Waals surface area contributed by atoms with Crippen LogP contribution in [0.15, 0.2) is 18.2 Å². The maximum atomic E-state index is 12.7. The molecule has 4 heteroatoms. The largest absolute Gasteiger partial charge is 0.387 e. The van der Waals surface area contributed by atoms with Crippen molar-refractivity contribution in [2.75, 3.05) is 31.2 Å². The van der Waals surface area contributed by atoms with E-state index in [4.69, 9.17) is 0 Å². The Bertz CT molecular complexity index is 485. The van der Waals surface area contributed by atoms with E-state index in [-0.39, 0.29) is 10.7 Å². The van der Waals surface area contributed by atoms with Gasteiger partial charge in [0.2, 0.25) is 0 Å². The number of hydrogen-bond acceptors (Lipinski definition) is 3. The van der Waals surface area contributed by atoms with Gasteiger partial charge in [0.15, 0.2) is 0 Å². The number of rotatable bonds is 2. The van der Waals surface area contributed by atoms with Gasteiger partial charge in [-0.3, -0.25) is 4.79 Å². The van der Waals surface area contributed by atoms with Crippen molar-refractivity contribution in [3.63, 3.8) is 0 Å². The predicted octanol–water partition coefficient (Wildman–Crippen LogP) is 3.00. The number of nitrogens with one attached hydrogen (secondary N) is 1. The molecule has 0 atom stereocenters. The molecule has 1 aromatic rings. The van der Waals surface area contributed by atoms with Crippen LogP contribution in [-0.4, -0.2) is 41.4 Å². The Labute approximate surface area is 119 Å². The zero-order valence-electron chi connectivity index (χ0n) is 12.1. The normalized spacial score (nSPS) is 18.2. The molecule has 0 bridgehead atoms. The summed E-state index contributed by atoms with van der Waals surface area (Å²) in [7, 11) is 1.86. The summed E-state index contributed by atoms with van der Waals surface area (Å²) in [5, 5.41) is 3.11. The fourth-order valence-corrected chi connectivity index (χ4v) is 3.52. The third-order valence-electron chi connectivity index (χ3n) is 3.39. The summed E-state index contributed by atoms with van der Waals surface area (Å²) in [6.07, 6.45) is 0. The molecule has 0 unspecified atom stereocenters. The second kappa shape index (κ2) is 5.45. The van der Waals surface area contributed by atoms with E-state index >= 15 is 0 Å². The molecular formula is C15H22N2OS. The molecular weight excluding hydrogens is 256 g/mol. The average molecular weight is 278 g/mol. The molecule has 0 aromatic heterocycles. The Morgan fingerprint density at radius 3 is 2.79 bits per heavy atom. The van der Waals surface area contributed by atoms with Crippen molar-refractivity contribution in [1.29, 1.82) is 0 Å². The van der Waals surface area contributed by atoms with Gasteiger partial charge in [-0.2, -0.15) is 11.8 Å². The van der Waals surface area contributed by atoms with Gasteiger partial charge in [0.25, 0.3) is 5.91 Å². The minimum Gasteiger partial charge on any atom is -0.387 e. The summed E-state index contributed by atoms with van der Waals surface area (Å²) < 4.78 is 0.150. The number of carbonyl (C=O) groups is 1. The topological polar surface area (TPSA) is 32.3 Å². The van der Waals surface area contributed by atoms with E-state index in [9.17, 15) is 4.79 Å². The minimum atomic E-state index is 0.140. The molecule has 1 amide bonds. The second-order valence-corrected chi connectivity index (χ2v) is 7.44. The maximum Gasteiger partial charge on any atom is 0.256 e. The van der Waals surface area contributed by atoms with Gasteiger partial charge in [-0.05, 0) is 32.9 Å². The molecule has 104 valence electrons. The van der Waals surface area contributed by atoms with Gasteiger partial charge in [-0.15, -0.1) is 0 Å². The zero-order valence-corrected chi connectivity index (χ0v) is 12.9. The first-order valence-corrected chi connectivity index (χ1v) is 7.63. The molecule has 3 nitrogen and oxygen atoms in total. The molecule has 1 aliphatic rings. The minimum absolute atomic E-state index is 0.140. The van der Waals surface area contributed by atoms with Crippen molar-refractivity contribution < 1.29 is 4.79 Å². The highest BCUT2D eigenvalue weighted by molar-refractivity contribution is 8.00. The van der Waals surface area contributed by atoms with Gasteiger partial charge in [-0.25, -0.2) is 0 Å². The molecule has 0 saturated carbocycles. The van der Waals surface area contributed by atoms with E-state index in [0.29, 0.717) is 0 Å². The number of thioether (sulfide) groups is 1. The van der Waals surface area contributed by atoms with E-state index in [2.05, 4.69) is 19.2 Å². The summed E-state index contributed by atoms with van der Waals surface area (Å²) in [6.45, 7) is 8.07.